The molecular weight excluding hydrogens is 286 g/mol. The summed E-state index contributed by atoms with van der Waals surface area (Å²) >= 11 is 0.910. The van der Waals surface area contributed by atoms with E-state index in [0.29, 0.717) is 12.8 Å². The number of rotatable bonds is 8. The van der Waals surface area contributed by atoms with Gasteiger partial charge in [-0.3, -0.25) is 4.79 Å². The Labute approximate surface area is 117 Å². The molecule has 0 fully saturated rings. The van der Waals surface area contributed by atoms with Gasteiger partial charge in [0.2, 0.25) is 25.2 Å². The number of sulfone groups is 1. The molecule has 0 aliphatic carbocycles. The lowest BCUT2D eigenvalue weighted by atomic mass is 10.2. The van der Waals surface area contributed by atoms with Crippen molar-refractivity contribution < 1.29 is 13.2 Å². The quantitative estimate of drug-likeness (QED) is 0.744. The predicted octanol–water partition coefficient (Wildman–Crippen LogP) is 2.24. The van der Waals surface area contributed by atoms with Crippen molar-refractivity contribution in [1.29, 1.82) is 0 Å². The van der Waals surface area contributed by atoms with E-state index in [1.165, 1.54) is 0 Å². The van der Waals surface area contributed by atoms with Gasteiger partial charge >= 0.3 is 0 Å². The molecule has 0 bridgehead atoms. The van der Waals surface area contributed by atoms with Crippen LogP contribution in [0.5, 0.6) is 0 Å². The van der Waals surface area contributed by atoms with Gasteiger partial charge in [0.25, 0.3) is 0 Å². The minimum Gasteiger partial charge on any atom is -0.301 e. The number of carbonyl (C=O) groups excluding carboxylic acids is 1. The van der Waals surface area contributed by atoms with Crippen LogP contribution in [0.1, 0.15) is 46.0 Å². The Balaban J connectivity index is 2.64. The second-order valence-electron chi connectivity index (χ2n) is 4.20. The smallest absolute Gasteiger partial charge is 0.234 e. The first-order valence-electron chi connectivity index (χ1n) is 6.35. The predicted molar refractivity (Wildman–Crippen MR) is 75.0 cm³/mol. The SMILES string of the molecule is CCCCC(=O)Nc1nnc(S(=O)(=O)CCCC)s1. The first kappa shape index (κ1) is 16.0. The maximum absolute atomic E-state index is 11.9. The zero-order valence-corrected chi connectivity index (χ0v) is 12.8. The molecule has 1 aromatic heterocycles. The number of hydrogen-bond donors (Lipinski definition) is 1. The van der Waals surface area contributed by atoms with Gasteiger partial charge < -0.3 is 5.32 Å². The molecule has 108 valence electrons. The molecule has 8 heteroatoms. The van der Waals surface area contributed by atoms with Crippen molar-refractivity contribution in [3.63, 3.8) is 0 Å². The molecule has 0 aromatic carbocycles. The highest BCUT2D eigenvalue weighted by atomic mass is 32.2. The Morgan fingerprint density at radius 2 is 1.89 bits per heavy atom. The molecule has 0 saturated heterocycles. The van der Waals surface area contributed by atoms with E-state index < -0.39 is 9.84 Å². The fraction of sp³-hybridized carbons (Fsp3) is 0.727. The van der Waals surface area contributed by atoms with Crippen molar-refractivity contribution >= 4 is 32.2 Å². The number of nitrogens with one attached hydrogen (secondary N) is 1. The zero-order valence-electron chi connectivity index (χ0n) is 11.2. The third kappa shape index (κ3) is 5.23. The van der Waals surface area contributed by atoms with E-state index in [9.17, 15) is 13.2 Å². The second-order valence-corrected chi connectivity index (χ2v) is 7.46. The van der Waals surface area contributed by atoms with Gasteiger partial charge in [-0.1, -0.05) is 38.0 Å². The Hall–Kier alpha value is -1.02. The normalized spacial score (nSPS) is 11.5. The summed E-state index contributed by atoms with van der Waals surface area (Å²) < 4.78 is 23.7. The standard InChI is InChI=1S/C11H19N3O3S2/c1-3-5-7-9(15)12-10-13-14-11(18-10)19(16,17)8-6-4-2/h3-8H2,1-2H3,(H,12,13,15). The highest BCUT2D eigenvalue weighted by Crippen LogP contribution is 2.21. The number of anilines is 1. The van der Waals surface area contributed by atoms with Crippen LogP contribution >= 0.6 is 11.3 Å². The van der Waals surface area contributed by atoms with Crippen LogP contribution in [0, 0.1) is 0 Å². The maximum Gasteiger partial charge on any atom is 0.234 e. The molecule has 0 unspecified atom stereocenters. The van der Waals surface area contributed by atoms with Gasteiger partial charge in [0.15, 0.2) is 0 Å². The fourth-order valence-electron chi connectivity index (χ4n) is 1.33. The van der Waals surface area contributed by atoms with Crippen LogP contribution in [0.25, 0.3) is 0 Å². The minimum atomic E-state index is -3.36. The van der Waals surface area contributed by atoms with E-state index in [4.69, 9.17) is 0 Å². The molecular formula is C11H19N3O3S2. The molecule has 6 nitrogen and oxygen atoms in total. The van der Waals surface area contributed by atoms with Crippen LogP contribution in [-0.4, -0.2) is 30.3 Å². The van der Waals surface area contributed by atoms with E-state index in [2.05, 4.69) is 15.5 Å². The van der Waals surface area contributed by atoms with Gasteiger partial charge in [-0.05, 0) is 12.8 Å². The van der Waals surface area contributed by atoms with Crippen LogP contribution in [0.15, 0.2) is 4.34 Å². The van der Waals surface area contributed by atoms with E-state index in [1.807, 2.05) is 13.8 Å². The van der Waals surface area contributed by atoms with E-state index >= 15 is 0 Å². The van der Waals surface area contributed by atoms with Crippen molar-refractivity contribution in [2.45, 2.75) is 50.3 Å². The summed E-state index contributed by atoms with van der Waals surface area (Å²) in [4.78, 5) is 11.5. The number of carbonyl (C=O) groups is 1. The van der Waals surface area contributed by atoms with Gasteiger partial charge in [0, 0.05) is 6.42 Å². The number of nitrogens with zero attached hydrogens (tertiary/aromatic N) is 2. The molecule has 0 aliphatic heterocycles. The molecule has 0 saturated carbocycles. The summed E-state index contributed by atoms with van der Waals surface area (Å²) in [6.07, 6.45) is 3.54. The zero-order chi connectivity index (χ0) is 14.3. The third-order valence-corrected chi connectivity index (χ3v) is 5.53. The molecule has 1 rings (SSSR count). The average Bonchev–Trinajstić information content (AvgIpc) is 2.83. The third-order valence-electron chi connectivity index (χ3n) is 2.44. The van der Waals surface area contributed by atoms with E-state index in [-0.39, 0.29) is 21.1 Å². The van der Waals surface area contributed by atoms with Gasteiger partial charge in [0.1, 0.15) is 0 Å². The van der Waals surface area contributed by atoms with Crippen molar-refractivity contribution in [1.82, 2.24) is 10.2 Å². The lowest BCUT2D eigenvalue weighted by Gasteiger charge is -1.99. The number of unbranched alkanes of at least 4 members (excludes halogenated alkanes) is 2. The maximum atomic E-state index is 11.9. The molecule has 0 spiro atoms. The molecule has 0 atom stereocenters. The largest absolute Gasteiger partial charge is 0.301 e. The van der Waals surface area contributed by atoms with Gasteiger partial charge in [0.05, 0.1) is 5.75 Å². The van der Waals surface area contributed by atoms with Crippen molar-refractivity contribution in [3.05, 3.63) is 0 Å². The molecule has 19 heavy (non-hydrogen) atoms. The highest BCUT2D eigenvalue weighted by molar-refractivity contribution is 7.93. The number of hydrogen-bond acceptors (Lipinski definition) is 6. The number of aromatic nitrogens is 2. The molecule has 1 N–H and O–H groups in total. The summed E-state index contributed by atoms with van der Waals surface area (Å²) in [5.74, 6) is -0.0856. The molecule has 0 aliphatic rings. The molecule has 1 aromatic rings. The monoisotopic (exact) mass is 305 g/mol. The summed E-state index contributed by atoms with van der Waals surface area (Å²) in [6, 6.07) is 0. The Bertz CT molecular complexity index is 511. The summed E-state index contributed by atoms with van der Waals surface area (Å²) in [7, 11) is -3.36. The average molecular weight is 305 g/mol. The van der Waals surface area contributed by atoms with Crippen LogP contribution < -0.4 is 5.32 Å². The summed E-state index contributed by atoms with van der Waals surface area (Å²) in [6.45, 7) is 3.92. The van der Waals surface area contributed by atoms with Crippen LogP contribution in [-0.2, 0) is 14.6 Å². The number of amides is 1. The molecule has 1 amide bonds. The Morgan fingerprint density at radius 3 is 2.53 bits per heavy atom. The Kier molecular flexibility index (Phi) is 6.36. The Morgan fingerprint density at radius 1 is 1.21 bits per heavy atom. The molecule has 1 heterocycles. The first-order chi connectivity index (χ1) is 8.99. The van der Waals surface area contributed by atoms with Crippen LogP contribution in [0.2, 0.25) is 0 Å². The highest BCUT2D eigenvalue weighted by Gasteiger charge is 2.20. The first-order valence-corrected chi connectivity index (χ1v) is 8.82. The molecule has 0 radical (unpaired) electrons. The van der Waals surface area contributed by atoms with Crippen molar-refractivity contribution in [3.8, 4) is 0 Å². The summed E-state index contributed by atoms with van der Waals surface area (Å²) in [5, 5.41) is 10.1. The lowest BCUT2D eigenvalue weighted by molar-refractivity contribution is -0.116. The van der Waals surface area contributed by atoms with E-state index in [1.54, 1.807) is 0 Å². The van der Waals surface area contributed by atoms with Crippen LogP contribution in [0.3, 0.4) is 0 Å². The van der Waals surface area contributed by atoms with Crippen molar-refractivity contribution in [2.24, 2.45) is 0 Å². The van der Waals surface area contributed by atoms with Gasteiger partial charge in [-0.15, -0.1) is 10.2 Å². The van der Waals surface area contributed by atoms with E-state index in [0.717, 1.165) is 30.6 Å². The van der Waals surface area contributed by atoms with Crippen molar-refractivity contribution in [2.75, 3.05) is 11.1 Å². The fourth-order valence-corrected chi connectivity index (χ4v) is 3.82. The second kappa shape index (κ2) is 7.54. The van der Waals surface area contributed by atoms with Gasteiger partial charge in [-0.2, -0.15) is 0 Å². The topological polar surface area (TPSA) is 89.0 Å². The van der Waals surface area contributed by atoms with Gasteiger partial charge in [-0.25, -0.2) is 8.42 Å². The lowest BCUT2D eigenvalue weighted by Crippen LogP contribution is -2.10. The summed E-state index contributed by atoms with van der Waals surface area (Å²) in [5.41, 5.74) is 0. The van der Waals surface area contributed by atoms with Crippen LogP contribution in [0.4, 0.5) is 5.13 Å². The minimum absolute atomic E-state index is 0.0215.